The van der Waals surface area contributed by atoms with Gasteiger partial charge in [0.1, 0.15) is 11.2 Å². The van der Waals surface area contributed by atoms with Gasteiger partial charge in [0, 0.05) is 0 Å². The highest BCUT2D eigenvalue weighted by Crippen LogP contribution is 2.49. The van der Waals surface area contributed by atoms with E-state index in [2.05, 4.69) is 13.2 Å². The predicted octanol–water partition coefficient (Wildman–Crippen LogP) is 3.77. The molecule has 18 heavy (non-hydrogen) atoms. The van der Waals surface area contributed by atoms with Crippen LogP contribution in [0.5, 0.6) is 0 Å². The molecule has 0 aromatic rings. The third-order valence-electron chi connectivity index (χ3n) is 4.96. The van der Waals surface area contributed by atoms with Crippen LogP contribution in [-0.4, -0.2) is 23.4 Å². The van der Waals surface area contributed by atoms with Crippen LogP contribution in [0.2, 0.25) is 0 Å². The molecule has 2 heteroatoms. The van der Waals surface area contributed by atoms with Crippen molar-refractivity contribution in [2.75, 3.05) is 0 Å². The second-order valence-electron chi connectivity index (χ2n) is 6.02. The van der Waals surface area contributed by atoms with Crippen LogP contribution in [0.3, 0.4) is 0 Å². The molecular formula is C16H24O2. The molecule has 4 fully saturated rings. The predicted molar refractivity (Wildman–Crippen MR) is 72.5 cm³/mol. The average Bonchev–Trinajstić information content (AvgIpc) is 3.31. The molecule has 4 unspecified atom stereocenters. The summed E-state index contributed by atoms with van der Waals surface area (Å²) >= 11 is 0. The summed E-state index contributed by atoms with van der Waals surface area (Å²) in [5.74, 6) is 0. The molecule has 0 bridgehead atoms. The highest BCUT2D eigenvalue weighted by Gasteiger charge is 2.55. The van der Waals surface area contributed by atoms with Crippen LogP contribution in [0.25, 0.3) is 0 Å². The van der Waals surface area contributed by atoms with Gasteiger partial charge in [0.05, 0.1) is 12.2 Å². The molecule has 2 aliphatic carbocycles. The maximum atomic E-state index is 5.50. The SMILES string of the molecule is C=CC12CCCCC1O2.C=CC12CCCCC1O2. The second-order valence-corrected chi connectivity index (χ2v) is 6.02. The molecule has 2 saturated heterocycles. The Hall–Kier alpha value is -0.600. The van der Waals surface area contributed by atoms with Crippen molar-refractivity contribution in [3.05, 3.63) is 25.3 Å². The van der Waals surface area contributed by atoms with E-state index in [0.29, 0.717) is 12.2 Å². The quantitative estimate of drug-likeness (QED) is 0.549. The topological polar surface area (TPSA) is 25.1 Å². The van der Waals surface area contributed by atoms with Crippen molar-refractivity contribution in [2.45, 2.75) is 74.8 Å². The van der Waals surface area contributed by atoms with Gasteiger partial charge in [0.2, 0.25) is 0 Å². The zero-order valence-electron chi connectivity index (χ0n) is 11.2. The van der Waals surface area contributed by atoms with Gasteiger partial charge in [-0.05, 0) is 25.7 Å². The van der Waals surface area contributed by atoms with Crippen molar-refractivity contribution in [1.29, 1.82) is 0 Å². The van der Waals surface area contributed by atoms with E-state index >= 15 is 0 Å². The van der Waals surface area contributed by atoms with Gasteiger partial charge in [-0.3, -0.25) is 0 Å². The lowest BCUT2D eigenvalue weighted by Gasteiger charge is -2.11. The van der Waals surface area contributed by atoms with E-state index in [1.54, 1.807) is 0 Å². The standard InChI is InChI=1S/2C8H12O/c2*1-2-8-6-4-3-5-7(8)9-8/h2*2,7H,1,3-6H2. The van der Waals surface area contributed by atoms with Crippen molar-refractivity contribution < 1.29 is 9.47 Å². The van der Waals surface area contributed by atoms with Crippen LogP contribution in [0.4, 0.5) is 0 Å². The minimum Gasteiger partial charge on any atom is -0.362 e. The fourth-order valence-electron chi connectivity index (χ4n) is 3.53. The molecule has 0 amide bonds. The Kier molecular flexibility index (Phi) is 3.11. The Morgan fingerprint density at radius 2 is 1.22 bits per heavy atom. The summed E-state index contributed by atoms with van der Waals surface area (Å²) in [7, 11) is 0. The minimum atomic E-state index is 0.151. The van der Waals surface area contributed by atoms with Crippen molar-refractivity contribution in [3.63, 3.8) is 0 Å². The Morgan fingerprint density at radius 3 is 1.50 bits per heavy atom. The average molecular weight is 248 g/mol. The van der Waals surface area contributed by atoms with E-state index in [4.69, 9.17) is 9.47 Å². The minimum absolute atomic E-state index is 0.151. The molecule has 2 saturated carbocycles. The molecule has 2 aliphatic heterocycles. The maximum Gasteiger partial charge on any atom is 0.113 e. The fraction of sp³-hybridized carbons (Fsp3) is 0.750. The lowest BCUT2D eigenvalue weighted by atomic mass is 9.89. The van der Waals surface area contributed by atoms with Crippen molar-refractivity contribution in [1.82, 2.24) is 0 Å². The van der Waals surface area contributed by atoms with Gasteiger partial charge in [-0.15, -0.1) is 13.2 Å². The first-order valence-electron chi connectivity index (χ1n) is 7.37. The molecule has 2 heterocycles. The summed E-state index contributed by atoms with van der Waals surface area (Å²) in [6.07, 6.45) is 15.3. The molecule has 0 aromatic heterocycles. The highest BCUT2D eigenvalue weighted by molar-refractivity contribution is 5.16. The lowest BCUT2D eigenvalue weighted by molar-refractivity contribution is 0.329. The third-order valence-corrected chi connectivity index (χ3v) is 4.96. The van der Waals surface area contributed by atoms with E-state index in [1.807, 2.05) is 12.2 Å². The van der Waals surface area contributed by atoms with Crippen molar-refractivity contribution in [3.8, 4) is 0 Å². The summed E-state index contributed by atoms with van der Waals surface area (Å²) in [5.41, 5.74) is 0.302. The fourth-order valence-corrected chi connectivity index (χ4v) is 3.53. The number of epoxide rings is 2. The number of rotatable bonds is 2. The van der Waals surface area contributed by atoms with Crippen LogP contribution in [0, 0.1) is 0 Å². The van der Waals surface area contributed by atoms with E-state index in [-0.39, 0.29) is 11.2 Å². The Balaban J connectivity index is 0.000000111. The summed E-state index contributed by atoms with van der Waals surface area (Å²) in [4.78, 5) is 0. The second kappa shape index (κ2) is 4.50. The molecule has 0 spiro atoms. The Labute approximate surface area is 110 Å². The van der Waals surface area contributed by atoms with E-state index in [1.165, 1.54) is 51.4 Å². The first-order valence-corrected chi connectivity index (χ1v) is 7.37. The first-order chi connectivity index (χ1) is 8.75. The van der Waals surface area contributed by atoms with E-state index in [9.17, 15) is 0 Å². The van der Waals surface area contributed by atoms with Crippen LogP contribution in [0.15, 0.2) is 25.3 Å². The number of fused-ring (bicyclic) bond motifs is 2. The first kappa shape index (κ1) is 12.4. The molecule has 4 atom stereocenters. The summed E-state index contributed by atoms with van der Waals surface area (Å²) in [6.45, 7) is 7.55. The monoisotopic (exact) mass is 248 g/mol. The molecule has 0 aromatic carbocycles. The zero-order chi connectivity index (χ0) is 12.6. The Morgan fingerprint density at radius 1 is 0.778 bits per heavy atom. The van der Waals surface area contributed by atoms with Crippen LogP contribution in [0.1, 0.15) is 51.4 Å². The van der Waals surface area contributed by atoms with Crippen LogP contribution < -0.4 is 0 Å². The molecule has 0 N–H and O–H groups in total. The Bertz CT molecular complexity index is 317. The maximum absolute atomic E-state index is 5.50. The molecular weight excluding hydrogens is 224 g/mol. The molecule has 100 valence electrons. The molecule has 2 nitrogen and oxygen atoms in total. The van der Waals surface area contributed by atoms with Gasteiger partial charge in [-0.2, -0.15) is 0 Å². The van der Waals surface area contributed by atoms with Gasteiger partial charge in [-0.25, -0.2) is 0 Å². The van der Waals surface area contributed by atoms with Crippen LogP contribution in [-0.2, 0) is 9.47 Å². The largest absolute Gasteiger partial charge is 0.362 e. The number of hydrogen-bond donors (Lipinski definition) is 0. The molecule has 4 aliphatic rings. The number of ether oxygens (including phenoxy) is 2. The van der Waals surface area contributed by atoms with Gasteiger partial charge in [0.25, 0.3) is 0 Å². The third kappa shape index (κ3) is 2.06. The van der Waals surface area contributed by atoms with Gasteiger partial charge >= 0.3 is 0 Å². The van der Waals surface area contributed by atoms with Crippen LogP contribution >= 0.6 is 0 Å². The normalized spacial score (nSPS) is 47.8. The van der Waals surface area contributed by atoms with E-state index in [0.717, 1.165) is 0 Å². The number of hydrogen-bond acceptors (Lipinski definition) is 2. The van der Waals surface area contributed by atoms with Gasteiger partial charge < -0.3 is 9.47 Å². The molecule has 4 rings (SSSR count). The summed E-state index contributed by atoms with van der Waals surface area (Å²) in [5, 5.41) is 0. The van der Waals surface area contributed by atoms with Crippen molar-refractivity contribution >= 4 is 0 Å². The highest BCUT2D eigenvalue weighted by atomic mass is 16.6. The summed E-state index contributed by atoms with van der Waals surface area (Å²) in [6, 6.07) is 0. The smallest absolute Gasteiger partial charge is 0.113 e. The van der Waals surface area contributed by atoms with Gasteiger partial charge in [-0.1, -0.05) is 37.8 Å². The van der Waals surface area contributed by atoms with E-state index < -0.39 is 0 Å². The van der Waals surface area contributed by atoms with Crippen molar-refractivity contribution in [2.24, 2.45) is 0 Å². The summed E-state index contributed by atoms with van der Waals surface area (Å²) < 4.78 is 11.0. The lowest BCUT2D eigenvalue weighted by Crippen LogP contribution is -2.15. The zero-order valence-corrected chi connectivity index (χ0v) is 11.2. The van der Waals surface area contributed by atoms with Gasteiger partial charge in [0.15, 0.2) is 0 Å². The molecule has 0 radical (unpaired) electrons.